The standard InChI is InChI=1S/C27H22ClNO4/c1-15-11-20-22(12-16(15)2)33-26-23(25(20)30)24(17-8-6-9-19(13-17)32-3)29(27(26)31)14-18-7-4-5-10-21(18)28/h4-13,24H,14H2,1-3H3/t24-/m1/s1. The summed E-state index contributed by atoms with van der Waals surface area (Å²) in [6.07, 6.45) is 0. The van der Waals surface area contributed by atoms with Gasteiger partial charge < -0.3 is 14.1 Å². The largest absolute Gasteiger partial charge is 0.497 e. The molecule has 1 atom stereocenters. The quantitative estimate of drug-likeness (QED) is 0.386. The zero-order valence-electron chi connectivity index (χ0n) is 18.5. The number of fused-ring (bicyclic) bond motifs is 2. The number of halogens is 1. The van der Waals surface area contributed by atoms with E-state index in [1.54, 1.807) is 18.1 Å². The van der Waals surface area contributed by atoms with E-state index in [-0.39, 0.29) is 23.6 Å². The van der Waals surface area contributed by atoms with Crippen LogP contribution in [0.15, 0.2) is 69.9 Å². The van der Waals surface area contributed by atoms with Crippen molar-refractivity contribution in [2.24, 2.45) is 0 Å². The fraction of sp³-hybridized carbons (Fsp3) is 0.185. The van der Waals surface area contributed by atoms with Crippen LogP contribution in [-0.4, -0.2) is 17.9 Å². The Bertz CT molecular complexity index is 1470. The molecule has 0 radical (unpaired) electrons. The molecule has 0 unspecified atom stereocenters. The number of carbonyl (C=O) groups excluding carboxylic acids is 1. The van der Waals surface area contributed by atoms with Crippen LogP contribution in [-0.2, 0) is 6.54 Å². The summed E-state index contributed by atoms with van der Waals surface area (Å²) in [6, 6.07) is 17.8. The smallest absolute Gasteiger partial charge is 0.291 e. The van der Waals surface area contributed by atoms with E-state index >= 15 is 0 Å². The van der Waals surface area contributed by atoms with Gasteiger partial charge in [-0.1, -0.05) is 41.9 Å². The third-order valence-corrected chi connectivity index (χ3v) is 6.66. The topological polar surface area (TPSA) is 59.8 Å². The second-order valence-electron chi connectivity index (χ2n) is 8.31. The Hall–Kier alpha value is -3.57. The number of amides is 1. The van der Waals surface area contributed by atoms with Crippen LogP contribution in [0.25, 0.3) is 11.0 Å². The van der Waals surface area contributed by atoms with Gasteiger partial charge in [0.25, 0.3) is 5.91 Å². The molecular formula is C27H22ClNO4. The maximum atomic E-state index is 13.7. The van der Waals surface area contributed by atoms with E-state index in [0.717, 1.165) is 22.3 Å². The Balaban J connectivity index is 1.76. The highest BCUT2D eigenvalue weighted by molar-refractivity contribution is 6.31. The number of aryl methyl sites for hydroxylation is 2. The summed E-state index contributed by atoms with van der Waals surface area (Å²) in [5.41, 5.74) is 4.10. The molecule has 5 rings (SSSR count). The molecule has 0 fully saturated rings. The van der Waals surface area contributed by atoms with Crippen LogP contribution in [0.3, 0.4) is 0 Å². The number of hydrogen-bond donors (Lipinski definition) is 0. The minimum atomic E-state index is -0.624. The first-order valence-electron chi connectivity index (χ1n) is 10.7. The van der Waals surface area contributed by atoms with E-state index in [0.29, 0.717) is 27.3 Å². The van der Waals surface area contributed by atoms with Crippen molar-refractivity contribution in [1.29, 1.82) is 0 Å². The van der Waals surface area contributed by atoms with E-state index in [1.165, 1.54) is 0 Å². The van der Waals surface area contributed by atoms with Crippen LogP contribution in [0.5, 0.6) is 5.75 Å². The highest BCUT2D eigenvalue weighted by Gasteiger charge is 2.43. The molecule has 1 amide bonds. The molecule has 33 heavy (non-hydrogen) atoms. The highest BCUT2D eigenvalue weighted by Crippen LogP contribution is 2.40. The number of hydrogen-bond acceptors (Lipinski definition) is 4. The number of rotatable bonds is 4. The van der Waals surface area contributed by atoms with Crippen LogP contribution < -0.4 is 10.2 Å². The number of ether oxygens (including phenoxy) is 1. The van der Waals surface area contributed by atoms with Gasteiger partial charge in [0.1, 0.15) is 11.3 Å². The van der Waals surface area contributed by atoms with Crippen molar-refractivity contribution in [2.45, 2.75) is 26.4 Å². The Morgan fingerprint density at radius 2 is 1.76 bits per heavy atom. The fourth-order valence-corrected chi connectivity index (χ4v) is 4.60. The molecule has 0 bridgehead atoms. The molecule has 4 aromatic rings. The summed E-state index contributed by atoms with van der Waals surface area (Å²) < 4.78 is 11.5. The van der Waals surface area contributed by atoms with Gasteiger partial charge in [-0.3, -0.25) is 9.59 Å². The van der Waals surface area contributed by atoms with Crippen molar-refractivity contribution in [3.05, 3.63) is 109 Å². The fourth-order valence-electron chi connectivity index (χ4n) is 4.41. The summed E-state index contributed by atoms with van der Waals surface area (Å²) in [5.74, 6) is 0.383. The van der Waals surface area contributed by atoms with Gasteiger partial charge in [-0.25, -0.2) is 0 Å². The molecule has 1 aliphatic heterocycles. The van der Waals surface area contributed by atoms with E-state index in [2.05, 4.69) is 0 Å². The molecule has 0 aliphatic carbocycles. The highest BCUT2D eigenvalue weighted by atomic mass is 35.5. The zero-order chi connectivity index (χ0) is 23.3. The number of carbonyl (C=O) groups is 1. The first-order valence-corrected chi connectivity index (χ1v) is 11.0. The molecule has 0 N–H and O–H groups in total. The van der Waals surface area contributed by atoms with Crippen molar-refractivity contribution >= 4 is 28.5 Å². The molecule has 5 nitrogen and oxygen atoms in total. The second kappa shape index (κ2) is 8.09. The summed E-state index contributed by atoms with van der Waals surface area (Å²) in [6.45, 7) is 4.14. The Morgan fingerprint density at radius 1 is 1.00 bits per heavy atom. The van der Waals surface area contributed by atoms with Crippen LogP contribution >= 0.6 is 11.6 Å². The first-order chi connectivity index (χ1) is 15.9. The van der Waals surface area contributed by atoms with Crippen molar-refractivity contribution in [2.75, 3.05) is 7.11 Å². The minimum Gasteiger partial charge on any atom is -0.497 e. The van der Waals surface area contributed by atoms with Gasteiger partial charge in [0, 0.05) is 11.6 Å². The lowest BCUT2D eigenvalue weighted by Crippen LogP contribution is -2.29. The average Bonchev–Trinajstić information content (AvgIpc) is 3.08. The molecule has 166 valence electrons. The van der Waals surface area contributed by atoms with E-state index in [4.69, 9.17) is 20.8 Å². The lowest BCUT2D eigenvalue weighted by atomic mass is 9.97. The van der Waals surface area contributed by atoms with Gasteiger partial charge in [0.2, 0.25) is 5.76 Å². The Kier molecular flexibility index (Phi) is 5.22. The molecule has 1 aliphatic rings. The maximum Gasteiger partial charge on any atom is 0.291 e. The van der Waals surface area contributed by atoms with Gasteiger partial charge >= 0.3 is 0 Å². The SMILES string of the molecule is COc1cccc([C@@H]2c3c(oc4cc(C)c(C)cc4c3=O)C(=O)N2Cc2ccccc2Cl)c1. The van der Waals surface area contributed by atoms with Gasteiger partial charge in [0.05, 0.1) is 24.1 Å². The molecule has 1 aromatic heterocycles. The lowest BCUT2D eigenvalue weighted by molar-refractivity contribution is 0.0714. The Labute approximate surface area is 196 Å². The van der Waals surface area contributed by atoms with Gasteiger partial charge in [0.15, 0.2) is 5.43 Å². The zero-order valence-corrected chi connectivity index (χ0v) is 19.3. The molecule has 0 spiro atoms. The van der Waals surface area contributed by atoms with E-state index in [1.807, 2.05) is 68.4 Å². The summed E-state index contributed by atoms with van der Waals surface area (Å²) >= 11 is 6.41. The van der Waals surface area contributed by atoms with E-state index in [9.17, 15) is 9.59 Å². The average molecular weight is 460 g/mol. The summed E-state index contributed by atoms with van der Waals surface area (Å²) in [4.78, 5) is 29.0. The van der Waals surface area contributed by atoms with Crippen molar-refractivity contribution in [3.63, 3.8) is 0 Å². The first kappa shape index (κ1) is 21.3. The van der Waals surface area contributed by atoms with Crippen molar-refractivity contribution in [1.82, 2.24) is 4.90 Å². The van der Waals surface area contributed by atoms with Crippen LogP contribution in [0.4, 0.5) is 0 Å². The van der Waals surface area contributed by atoms with Crippen LogP contribution in [0.2, 0.25) is 5.02 Å². The normalized spacial score (nSPS) is 15.2. The molecular weight excluding hydrogens is 438 g/mol. The number of nitrogens with zero attached hydrogens (tertiary/aromatic N) is 1. The van der Waals surface area contributed by atoms with Gasteiger partial charge in [-0.15, -0.1) is 0 Å². The van der Waals surface area contributed by atoms with Crippen molar-refractivity contribution in [3.8, 4) is 5.75 Å². The lowest BCUT2D eigenvalue weighted by Gasteiger charge is -2.26. The van der Waals surface area contributed by atoms with Crippen LogP contribution in [0, 0.1) is 13.8 Å². The monoisotopic (exact) mass is 459 g/mol. The molecule has 0 saturated heterocycles. The predicted octanol–water partition coefficient (Wildman–Crippen LogP) is 5.82. The third-order valence-electron chi connectivity index (χ3n) is 6.29. The molecule has 6 heteroatoms. The molecule has 3 aromatic carbocycles. The number of benzene rings is 3. The predicted molar refractivity (Wildman–Crippen MR) is 128 cm³/mol. The molecule has 0 saturated carbocycles. The minimum absolute atomic E-state index is 0.0793. The molecule has 2 heterocycles. The van der Waals surface area contributed by atoms with E-state index < -0.39 is 6.04 Å². The van der Waals surface area contributed by atoms with Gasteiger partial charge in [-0.2, -0.15) is 0 Å². The summed E-state index contributed by atoms with van der Waals surface area (Å²) in [7, 11) is 1.58. The third kappa shape index (κ3) is 3.49. The van der Waals surface area contributed by atoms with Gasteiger partial charge in [-0.05, 0) is 66.4 Å². The summed E-state index contributed by atoms with van der Waals surface area (Å²) in [5, 5.41) is 1.03. The van der Waals surface area contributed by atoms with Crippen molar-refractivity contribution < 1.29 is 13.9 Å². The van der Waals surface area contributed by atoms with Crippen LogP contribution in [0.1, 0.15) is 44.4 Å². The maximum absolute atomic E-state index is 13.7. The second-order valence-corrected chi connectivity index (χ2v) is 8.72. The number of methoxy groups -OCH3 is 1. The Morgan fingerprint density at radius 3 is 2.52 bits per heavy atom.